The van der Waals surface area contributed by atoms with Crippen LogP contribution in [0.25, 0.3) is 22.2 Å². The van der Waals surface area contributed by atoms with E-state index < -0.39 is 10.0 Å². The summed E-state index contributed by atoms with van der Waals surface area (Å²) in [6.45, 7) is 0.154. The minimum Gasteiger partial charge on any atom is -0.489 e. The maximum atomic E-state index is 11.5. The van der Waals surface area contributed by atoms with Crippen molar-refractivity contribution in [3.63, 3.8) is 0 Å². The number of para-hydroxylation sites is 1. The molecule has 4 aromatic rings. The largest absolute Gasteiger partial charge is 0.489 e. The van der Waals surface area contributed by atoms with Crippen LogP contribution in [0, 0.1) is 0 Å². The first-order valence-electron chi connectivity index (χ1n) is 8.76. The molecule has 0 amide bonds. The van der Waals surface area contributed by atoms with Crippen LogP contribution >= 0.6 is 23.2 Å². The summed E-state index contributed by atoms with van der Waals surface area (Å²) in [7, 11) is -3.78. The summed E-state index contributed by atoms with van der Waals surface area (Å²) in [5.74, 6) is 0.546. The molecule has 2 N–H and O–H groups in total. The number of benzene rings is 3. The highest BCUT2D eigenvalue weighted by molar-refractivity contribution is 7.89. The van der Waals surface area contributed by atoms with E-state index in [0.29, 0.717) is 38.1 Å². The van der Waals surface area contributed by atoms with Crippen molar-refractivity contribution >= 4 is 44.1 Å². The third kappa shape index (κ3) is 4.24. The van der Waals surface area contributed by atoms with Crippen LogP contribution in [0.3, 0.4) is 0 Å². The van der Waals surface area contributed by atoms with Crippen molar-refractivity contribution in [3.05, 3.63) is 82.6 Å². The zero-order valence-corrected chi connectivity index (χ0v) is 17.7. The number of nitrogens with zero attached hydrogens (tertiary/aromatic N) is 2. The van der Waals surface area contributed by atoms with Crippen molar-refractivity contribution in [2.75, 3.05) is 0 Å². The maximum absolute atomic E-state index is 11.5. The molecule has 9 heteroatoms. The molecule has 4 rings (SSSR count). The van der Waals surface area contributed by atoms with Crippen LogP contribution in [0.1, 0.15) is 5.56 Å². The second kappa shape index (κ2) is 8.20. The third-order valence-corrected chi connectivity index (χ3v) is 5.99. The molecule has 0 atom stereocenters. The predicted octanol–water partition coefficient (Wildman–Crippen LogP) is 4.83. The summed E-state index contributed by atoms with van der Waals surface area (Å²) in [5.41, 5.74) is 2.60. The molecule has 0 radical (unpaired) electrons. The fourth-order valence-electron chi connectivity index (χ4n) is 3.02. The van der Waals surface area contributed by atoms with Crippen molar-refractivity contribution < 1.29 is 13.2 Å². The highest BCUT2D eigenvalue weighted by Crippen LogP contribution is 2.35. The quantitative estimate of drug-likeness (QED) is 0.460. The van der Waals surface area contributed by atoms with Crippen LogP contribution in [0.5, 0.6) is 5.75 Å². The Labute approximate surface area is 183 Å². The van der Waals surface area contributed by atoms with Crippen molar-refractivity contribution in [1.29, 1.82) is 0 Å². The number of primary sulfonamides is 1. The van der Waals surface area contributed by atoms with Gasteiger partial charge in [-0.1, -0.05) is 47.5 Å². The highest BCUT2D eigenvalue weighted by atomic mass is 35.5. The minimum atomic E-state index is -3.78. The average Bonchev–Trinajstić information content (AvgIpc) is 2.73. The van der Waals surface area contributed by atoms with Crippen LogP contribution in [-0.2, 0) is 16.6 Å². The fourth-order valence-corrected chi connectivity index (χ4v) is 4.03. The number of hydrogen-bond donors (Lipinski definition) is 1. The van der Waals surface area contributed by atoms with Gasteiger partial charge in [-0.15, -0.1) is 0 Å². The van der Waals surface area contributed by atoms with Gasteiger partial charge < -0.3 is 4.74 Å². The van der Waals surface area contributed by atoms with Crippen molar-refractivity contribution in [1.82, 2.24) is 9.97 Å². The van der Waals surface area contributed by atoms with Crippen LogP contribution in [0.4, 0.5) is 0 Å². The predicted molar refractivity (Wildman–Crippen MR) is 117 cm³/mol. The van der Waals surface area contributed by atoms with E-state index in [0.717, 1.165) is 5.39 Å². The number of rotatable bonds is 5. The van der Waals surface area contributed by atoms with Gasteiger partial charge in [0.25, 0.3) is 0 Å². The molecule has 0 bridgehead atoms. The molecule has 0 saturated carbocycles. The van der Waals surface area contributed by atoms with Gasteiger partial charge in [0, 0.05) is 10.9 Å². The Morgan fingerprint density at radius 2 is 1.73 bits per heavy atom. The van der Waals surface area contributed by atoms with Gasteiger partial charge in [-0.3, -0.25) is 0 Å². The first kappa shape index (κ1) is 20.6. The summed E-state index contributed by atoms with van der Waals surface area (Å²) >= 11 is 12.7. The van der Waals surface area contributed by atoms with E-state index >= 15 is 0 Å². The van der Waals surface area contributed by atoms with Gasteiger partial charge in [-0.05, 0) is 42.0 Å². The summed E-state index contributed by atoms with van der Waals surface area (Å²) in [6.07, 6.45) is 1.44. The third-order valence-electron chi connectivity index (χ3n) is 4.44. The van der Waals surface area contributed by atoms with E-state index in [1.165, 1.54) is 18.5 Å². The number of aromatic nitrogens is 2. The number of nitrogens with two attached hydrogens (primary N) is 1. The number of fused-ring (bicyclic) bond motifs is 1. The molecule has 1 heterocycles. The average molecular weight is 460 g/mol. The minimum absolute atomic E-state index is 0.0322. The molecule has 0 unspecified atom stereocenters. The molecule has 0 aliphatic heterocycles. The zero-order chi connectivity index (χ0) is 21.3. The highest BCUT2D eigenvalue weighted by Gasteiger charge is 2.13. The molecule has 0 aliphatic rings. The van der Waals surface area contributed by atoms with Crippen molar-refractivity contribution in [2.24, 2.45) is 5.14 Å². The van der Waals surface area contributed by atoms with Crippen LogP contribution in [0.15, 0.2) is 71.9 Å². The van der Waals surface area contributed by atoms with Gasteiger partial charge in [0.2, 0.25) is 10.0 Å². The monoisotopic (exact) mass is 459 g/mol. The van der Waals surface area contributed by atoms with Crippen LogP contribution < -0.4 is 9.88 Å². The topological polar surface area (TPSA) is 95.2 Å². The number of ether oxygens (including phenoxy) is 1. The fraction of sp³-hybridized carbons (Fsp3) is 0.0476. The Kier molecular flexibility index (Phi) is 5.62. The van der Waals surface area contributed by atoms with Gasteiger partial charge in [-0.2, -0.15) is 0 Å². The Morgan fingerprint density at radius 1 is 0.933 bits per heavy atom. The number of hydrogen-bond acceptors (Lipinski definition) is 5. The maximum Gasteiger partial charge on any atom is 0.238 e. The molecular formula is C21H15Cl2N3O3S. The van der Waals surface area contributed by atoms with E-state index in [4.69, 9.17) is 33.1 Å². The van der Waals surface area contributed by atoms with E-state index in [9.17, 15) is 8.42 Å². The first-order chi connectivity index (χ1) is 14.3. The molecule has 6 nitrogen and oxygen atoms in total. The lowest BCUT2D eigenvalue weighted by molar-refractivity contribution is 0.306. The Morgan fingerprint density at radius 3 is 2.53 bits per heavy atom. The van der Waals surface area contributed by atoms with E-state index in [2.05, 4.69) is 9.97 Å². The molecule has 0 saturated heterocycles. The summed E-state index contributed by atoms with van der Waals surface area (Å²) < 4.78 is 28.9. The standard InChI is InChI=1S/C21H15Cl2N3O3S/c22-18-8-7-14(29-11-13-3-1-4-15(9-13)30(24,27)28)10-17(18)20-16-5-2-6-19(23)21(16)26-12-25-20/h1-10,12H,11H2,(H2,24,27,28). The van der Waals surface area contributed by atoms with Gasteiger partial charge in [0.1, 0.15) is 18.7 Å². The van der Waals surface area contributed by atoms with E-state index in [1.807, 2.05) is 12.1 Å². The molecule has 0 spiro atoms. The Balaban J connectivity index is 1.66. The van der Waals surface area contributed by atoms with Crippen molar-refractivity contribution in [3.8, 4) is 17.0 Å². The SMILES string of the molecule is NS(=O)(=O)c1cccc(COc2ccc(Cl)c(-c3ncnc4c(Cl)cccc34)c2)c1. The Hall–Kier alpha value is -2.71. The lowest BCUT2D eigenvalue weighted by atomic mass is 10.1. The van der Waals surface area contributed by atoms with Gasteiger partial charge in [0.05, 0.1) is 26.2 Å². The molecule has 1 aromatic heterocycles. The lowest BCUT2D eigenvalue weighted by Gasteiger charge is -2.12. The molecule has 30 heavy (non-hydrogen) atoms. The smallest absolute Gasteiger partial charge is 0.238 e. The number of sulfonamides is 1. The summed E-state index contributed by atoms with van der Waals surface area (Å²) in [5, 5.41) is 6.97. The van der Waals surface area contributed by atoms with Gasteiger partial charge in [-0.25, -0.2) is 23.5 Å². The van der Waals surface area contributed by atoms with Gasteiger partial charge in [0.15, 0.2) is 0 Å². The van der Waals surface area contributed by atoms with Crippen LogP contribution in [-0.4, -0.2) is 18.4 Å². The number of halogens is 2. The summed E-state index contributed by atoms with van der Waals surface area (Å²) in [6, 6.07) is 17.0. The first-order valence-corrected chi connectivity index (χ1v) is 11.1. The van der Waals surface area contributed by atoms with Gasteiger partial charge >= 0.3 is 0 Å². The summed E-state index contributed by atoms with van der Waals surface area (Å²) in [4.78, 5) is 8.67. The molecule has 0 fully saturated rings. The van der Waals surface area contributed by atoms with E-state index in [-0.39, 0.29) is 11.5 Å². The molecular weight excluding hydrogens is 445 g/mol. The van der Waals surface area contributed by atoms with E-state index in [1.54, 1.807) is 36.4 Å². The van der Waals surface area contributed by atoms with Crippen LogP contribution in [0.2, 0.25) is 10.0 Å². The molecule has 0 aliphatic carbocycles. The van der Waals surface area contributed by atoms with Crippen molar-refractivity contribution in [2.45, 2.75) is 11.5 Å². The normalized spacial score (nSPS) is 11.6. The zero-order valence-electron chi connectivity index (χ0n) is 15.4. The lowest BCUT2D eigenvalue weighted by Crippen LogP contribution is -2.12. The molecule has 3 aromatic carbocycles. The molecule has 152 valence electrons. The second-order valence-electron chi connectivity index (χ2n) is 6.48. The second-order valence-corrected chi connectivity index (χ2v) is 8.86. The Bertz CT molecular complexity index is 1360.